The van der Waals surface area contributed by atoms with Gasteiger partial charge in [-0.15, -0.1) is 0 Å². The first-order chi connectivity index (χ1) is 5.15. The van der Waals surface area contributed by atoms with E-state index in [0.717, 1.165) is 12.2 Å². The SMILES string of the molecule is O=C1C=C(CO)C(=O)C=C1O. The maximum absolute atomic E-state index is 10.8. The van der Waals surface area contributed by atoms with Crippen molar-refractivity contribution in [3.05, 3.63) is 23.5 Å². The second kappa shape index (κ2) is 2.67. The molecule has 58 valence electrons. The Morgan fingerprint density at radius 3 is 2.36 bits per heavy atom. The van der Waals surface area contributed by atoms with Crippen LogP contribution in [0.1, 0.15) is 0 Å². The molecular formula is C7H6O4. The van der Waals surface area contributed by atoms with Crippen molar-refractivity contribution >= 4 is 11.6 Å². The summed E-state index contributed by atoms with van der Waals surface area (Å²) in [5.74, 6) is -1.74. The van der Waals surface area contributed by atoms with Crippen LogP contribution in [0, 0.1) is 0 Å². The molecule has 1 aliphatic rings. The van der Waals surface area contributed by atoms with E-state index in [-0.39, 0.29) is 5.57 Å². The highest BCUT2D eigenvalue weighted by Crippen LogP contribution is 2.08. The second-order valence-electron chi connectivity index (χ2n) is 2.09. The lowest BCUT2D eigenvalue weighted by atomic mass is 10.0. The van der Waals surface area contributed by atoms with Crippen molar-refractivity contribution < 1.29 is 19.8 Å². The molecule has 11 heavy (non-hydrogen) atoms. The van der Waals surface area contributed by atoms with Gasteiger partial charge in [0.2, 0.25) is 5.78 Å². The molecule has 0 heterocycles. The lowest BCUT2D eigenvalue weighted by Crippen LogP contribution is -2.14. The van der Waals surface area contributed by atoms with Gasteiger partial charge in [-0.2, -0.15) is 0 Å². The molecule has 0 aromatic heterocycles. The summed E-state index contributed by atoms with van der Waals surface area (Å²) in [6, 6.07) is 0. The molecule has 0 aliphatic heterocycles. The van der Waals surface area contributed by atoms with Crippen molar-refractivity contribution in [1.82, 2.24) is 0 Å². The number of aliphatic hydroxyl groups excluding tert-OH is 2. The first-order valence-corrected chi connectivity index (χ1v) is 2.96. The van der Waals surface area contributed by atoms with Crippen LogP contribution in [0.5, 0.6) is 0 Å². The maximum atomic E-state index is 10.8. The summed E-state index contributed by atoms with van der Waals surface area (Å²) < 4.78 is 0. The highest BCUT2D eigenvalue weighted by Gasteiger charge is 2.18. The molecule has 0 unspecified atom stereocenters. The summed E-state index contributed by atoms with van der Waals surface area (Å²) in [4.78, 5) is 21.4. The Kier molecular flexibility index (Phi) is 1.87. The van der Waals surface area contributed by atoms with E-state index in [1.54, 1.807) is 0 Å². The van der Waals surface area contributed by atoms with Gasteiger partial charge >= 0.3 is 0 Å². The molecular weight excluding hydrogens is 148 g/mol. The van der Waals surface area contributed by atoms with Crippen molar-refractivity contribution in [2.45, 2.75) is 0 Å². The van der Waals surface area contributed by atoms with Crippen LogP contribution >= 0.6 is 0 Å². The molecule has 0 atom stereocenters. The van der Waals surface area contributed by atoms with E-state index in [0.29, 0.717) is 0 Å². The molecule has 0 fully saturated rings. The van der Waals surface area contributed by atoms with Gasteiger partial charge in [0.15, 0.2) is 11.5 Å². The zero-order valence-corrected chi connectivity index (χ0v) is 5.57. The van der Waals surface area contributed by atoms with Gasteiger partial charge in [-0.05, 0) is 6.08 Å². The lowest BCUT2D eigenvalue weighted by Gasteiger charge is -2.04. The molecule has 4 nitrogen and oxygen atoms in total. The monoisotopic (exact) mass is 154 g/mol. The summed E-state index contributed by atoms with van der Waals surface area (Å²) >= 11 is 0. The molecule has 4 heteroatoms. The normalized spacial score (nSPS) is 17.9. The van der Waals surface area contributed by atoms with Crippen molar-refractivity contribution in [3.63, 3.8) is 0 Å². The third-order valence-electron chi connectivity index (χ3n) is 1.31. The molecule has 0 spiro atoms. The summed E-state index contributed by atoms with van der Waals surface area (Å²) in [6.45, 7) is -0.478. The molecule has 0 bridgehead atoms. The Bertz CT molecular complexity index is 272. The minimum absolute atomic E-state index is 0.00722. The zero-order valence-electron chi connectivity index (χ0n) is 5.57. The van der Waals surface area contributed by atoms with Gasteiger partial charge in [0.1, 0.15) is 0 Å². The predicted octanol–water partition coefficient (Wildman–Crippen LogP) is -0.501. The van der Waals surface area contributed by atoms with Gasteiger partial charge in [0.25, 0.3) is 0 Å². The number of hydrogen-bond donors (Lipinski definition) is 2. The standard InChI is InChI=1S/C7H6O4/c8-3-4-1-6(10)7(11)2-5(4)9/h1-2,8,11H,3H2. The molecule has 0 aromatic rings. The molecule has 1 rings (SSSR count). The van der Waals surface area contributed by atoms with E-state index in [4.69, 9.17) is 10.2 Å². The van der Waals surface area contributed by atoms with Crippen molar-refractivity contribution in [1.29, 1.82) is 0 Å². The minimum atomic E-state index is -0.645. The summed E-state index contributed by atoms with van der Waals surface area (Å²) in [6.07, 6.45) is 1.73. The zero-order chi connectivity index (χ0) is 8.43. The summed E-state index contributed by atoms with van der Waals surface area (Å²) in [5.41, 5.74) is 0.00722. The highest BCUT2D eigenvalue weighted by molar-refractivity contribution is 6.18. The number of ketones is 2. The third-order valence-corrected chi connectivity index (χ3v) is 1.31. The van der Waals surface area contributed by atoms with Crippen LogP contribution in [0.25, 0.3) is 0 Å². The molecule has 1 aliphatic carbocycles. The number of allylic oxidation sites excluding steroid dienone is 2. The Morgan fingerprint density at radius 2 is 1.82 bits per heavy atom. The first-order valence-electron chi connectivity index (χ1n) is 2.96. The Morgan fingerprint density at radius 1 is 1.18 bits per heavy atom. The topological polar surface area (TPSA) is 74.6 Å². The van der Waals surface area contributed by atoms with Gasteiger partial charge in [-0.25, -0.2) is 0 Å². The molecule has 0 amide bonds. The van der Waals surface area contributed by atoms with E-state index in [1.165, 1.54) is 0 Å². The fourth-order valence-corrected chi connectivity index (χ4v) is 0.715. The average Bonchev–Trinajstić information content (AvgIpc) is 1.97. The fraction of sp³-hybridized carbons (Fsp3) is 0.143. The molecule has 2 N–H and O–H groups in total. The van der Waals surface area contributed by atoms with Gasteiger partial charge in [-0.3, -0.25) is 9.59 Å². The maximum Gasteiger partial charge on any atom is 0.220 e. The Labute approximate surface area is 62.5 Å². The Hall–Kier alpha value is -1.42. The minimum Gasteiger partial charge on any atom is -0.504 e. The summed E-state index contributed by atoms with van der Waals surface area (Å²) in [5, 5.41) is 17.2. The summed E-state index contributed by atoms with van der Waals surface area (Å²) in [7, 11) is 0. The van der Waals surface area contributed by atoms with Gasteiger partial charge in [0.05, 0.1) is 6.61 Å². The van der Waals surface area contributed by atoms with Crippen LogP contribution in [0.2, 0.25) is 0 Å². The van der Waals surface area contributed by atoms with Gasteiger partial charge < -0.3 is 10.2 Å². The van der Waals surface area contributed by atoms with Crippen molar-refractivity contribution in [2.24, 2.45) is 0 Å². The van der Waals surface area contributed by atoms with E-state index in [2.05, 4.69) is 0 Å². The van der Waals surface area contributed by atoms with Crippen LogP contribution < -0.4 is 0 Å². The lowest BCUT2D eigenvalue weighted by molar-refractivity contribution is -0.117. The van der Waals surface area contributed by atoms with Crippen LogP contribution in [-0.2, 0) is 9.59 Å². The fourth-order valence-electron chi connectivity index (χ4n) is 0.715. The van der Waals surface area contributed by atoms with E-state index >= 15 is 0 Å². The van der Waals surface area contributed by atoms with Gasteiger partial charge in [-0.1, -0.05) is 0 Å². The van der Waals surface area contributed by atoms with Crippen LogP contribution in [0.4, 0.5) is 0 Å². The van der Waals surface area contributed by atoms with E-state index in [1.807, 2.05) is 0 Å². The molecule has 0 aromatic carbocycles. The number of rotatable bonds is 1. The number of carbonyl (C=O) groups excluding carboxylic acids is 2. The second-order valence-corrected chi connectivity index (χ2v) is 2.09. The van der Waals surface area contributed by atoms with Crippen LogP contribution in [-0.4, -0.2) is 28.4 Å². The first kappa shape index (κ1) is 7.68. The number of carbonyl (C=O) groups is 2. The molecule has 0 radical (unpaired) electrons. The van der Waals surface area contributed by atoms with Crippen LogP contribution in [0.3, 0.4) is 0 Å². The van der Waals surface area contributed by atoms with Gasteiger partial charge in [0, 0.05) is 11.6 Å². The van der Waals surface area contributed by atoms with E-state index < -0.39 is 23.9 Å². The van der Waals surface area contributed by atoms with Crippen LogP contribution in [0.15, 0.2) is 23.5 Å². The van der Waals surface area contributed by atoms with Crippen molar-refractivity contribution in [2.75, 3.05) is 6.61 Å². The smallest absolute Gasteiger partial charge is 0.220 e. The Balaban J connectivity index is 2.98. The largest absolute Gasteiger partial charge is 0.504 e. The molecule has 0 saturated heterocycles. The molecule has 0 saturated carbocycles. The number of aliphatic hydroxyl groups is 2. The van der Waals surface area contributed by atoms with E-state index in [9.17, 15) is 9.59 Å². The highest BCUT2D eigenvalue weighted by atomic mass is 16.3. The third kappa shape index (κ3) is 1.35. The average molecular weight is 154 g/mol. The quantitative estimate of drug-likeness (QED) is 0.499. The number of hydrogen-bond acceptors (Lipinski definition) is 4. The predicted molar refractivity (Wildman–Crippen MR) is 35.9 cm³/mol. The van der Waals surface area contributed by atoms with Crippen molar-refractivity contribution in [3.8, 4) is 0 Å².